The highest BCUT2D eigenvalue weighted by molar-refractivity contribution is 6.00. The maximum Gasteiger partial charge on any atom is 0.228 e. The number of hydrogen-bond donors (Lipinski definition) is 3. The summed E-state index contributed by atoms with van der Waals surface area (Å²) in [6.45, 7) is 0. The van der Waals surface area contributed by atoms with Gasteiger partial charge in [-0.3, -0.25) is 9.59 Å². The molecule has 100 valence electrons. The SMILES string of the molecule is NC1CCC(C(=O)Nc2ccc3c(c2)CC(=O)N3)C1. The van der Waals surface area contributed by atoms with Crippen molar-refractivity contribution in [3.63, 3.8) is 0 Å². The third-order valence-corrected chi connectivity index (χ3v) is 3.84. The van der Waals surface area contributed by atoms with Crippen molar-refractivity contribution in [2.75, 3.05) is 10.6 Å². The molecule has 2 unspecified atom stereocenters. The topological polar surface area (TPSA) is 84.2 Å². The fraction of sp³-hybridized carbons (Fsp3) is 0.429. The number of nitrogens with one attached hydrogen (secondary N) is 2. The van der Waals surface area contributed by atoms with Gasteiger partial charge in [0.05, 0.1) is 6.42 Å². The molecule has 1 aromatic rings. The number of carbonyl (C=O) groups is 2. The lowest BCUT2D eigenvalue weighted by Crippen LogP contribution is -2.23. The first-order chi connectivity index (χ1) is 9.11. The van der Waals surface area contributed by atoms with E-state index in [0.29, 0.717) is 6.42 Å². The van der Waals surface area contributed by atoms with Crippen molar-refractivity contribution in [2.24, 2.45) is 11.7 Å². The highest BCUT2D eigenvalue weighted by Gasteiger charge is 2.28. The Morgan fingerprint density at radius 3 is 2.95 bits per heavy atom. The summed E-state index contributed by atoms with van der Waals surface area (Å²) in [6.07, 6.45) is 2.92. The van der Waals surface area contributed by atoms with Crippen LogP contribution in [0.1, 0.15) is 24.8 Å². The molecule has 5 nitrogen and oxygen atoms in total. The van der Waals surface area contributed by atoms with E-state index in [1.165, 1.54) is 0 Å². The molecule has 0 aromatic heterocycles. The van der Waals surface area contributed by atoms with Crippen molar-refractivity contribution < 1.29 is 9.59 Å². The molecule has 0 radical (unpaired) electrons. The van der Waals surface area contributed by atoms with E-state index < -0.39 is 0 Å². The van der Waals surface area contributed by atoms with Gasteiger partial charge < -0.3 is 16.4 Å². The molecule has 1 aromatic carbocycles. The van der Waals surface area contributed by atoms with E-state index in [-0.39, 0.29) is 23.8 Å². The van der Waals surface area contributed by atoms with Gasteiger partial charge in [-0.05, 0) is 43.0 Å². The summed E-state index contributed by atoms with van der Waals surface area (Å²) in [4.78, 5) is 23.3. The Hall–Kier alpha value is -1.88. The third kappa shape index (κ3) is 2.46. The number of anilines is 2. The zero-order valence-corrected chi connectivity index (χ0v) is 10.6. The molecule has 5 heteroatoms. The Morgan fingerprint density at radius 2 is 2.21 bits per heavy atom. The van der Waals surface area contributed by atoms with Crippen LogP contribution in [0.4, 0.5) is 11.4 Å². The maximum absolute atomic E-state index is 12.1. The molecule has 0 saturated heterocycles. The Balaban J connectivity index is 1.69. The fourth-order valence-corrected chi connectivity index (χ4v) is 2.81. The molecule has 1 aliphatic carbocycles. The minimum atomic E-state index is 0.000225. The minimum Gasteiger partial charge on any atom is -0.328 e. The summed E-state index contributed by atoms with van der Waals surface area (Å²) >= 11 is 0. The third-order valence-electron chi connectivity index (χ3n) is 3.84. The van der Waals surface area contributed by atoms with Gasteiger partial charge in [0.2, 0.25) is 11.8 Å². The normalized spacial score (nSPS) is 25.0. The Kier molecular flexibility index (Phi) is 2.98. The van der Waals surface area contributed by atoms with Crippen LogP contribution in [0.25, 0.3) is 0 Å². The van der Waals surface area contributed by atoms with E-state index in [1.807, 2.05) is 18.2 Å². The molecule has 2 amide bonds. The molecule has 1 aliphatic heterocycles. The van der Waals surface area contributed by atoms with E-state index in [9.17, 15) is 9.59 Å². The molecule has 2 aliphatic rings. The van der Waals surface area contributed by atoms with Crippen LogP contribution in [-0.2, 0) is 16.0 Å². The lowest BCUT2D eigenvalue weighted by molar-refractivity contribution is -0.119. The molecular formula is C14H17N3O2. The van der Waals surface area contributed by atoms with Gasteiger partial charge in [0.1, 0.15) is 0 Å². The van der Waals surface area contributed by atoms with Crippen molar-refractivity contribution in [3.8, 4) is 0 Å². The van der Waals surface area contributed by atoms with Gasteiger partial charge in [0, 0.05) is 23.3 Å². The number of benzene rings is 1. The number of nitrogens with two attached hydrogens (primary N) is 1. The van der Waals surface area contributed by atoms with Crippen molar-refractivity contribution >= 4 is 23.2 Å². The lowest BCUT2D eigenvalue weighted by Gasteiger charge is -2.11. The van der Waals surface area contributed by atoms with Crippen molar-refractivity contribution in [1.82, 2.24) is 0 Å². The van der Waals surface area contributed by atoms with Crippen molar-refractivity contribution in [2.45, 2.75) is 31.7 Å². The van der Waals surface area contributed by atoms with Gasteiger partial charge in [-0.2, -0.15) is 0 Å². The summed E-state index contributed by atoms with van der Waals surface area (Å²) in [5.74, 6) is 0.0495. The second kappa shape index (κ2) is 4.66. The highest BCUT2D eigenvalue weighted by atomic mass is 16.2. The van der Waals surface area contributed by atoms with Gasteiger partial charge in [0.25, 0.3) is 0 Å². The average molecular weight is 259 g/mol. The van der Waals surface area contributed by atoms with Crippen molar-refractivity contribution in [3.05, 3.63) is 23.8 Å². The Morgan fingerprint density at radius 1 is 1.37 bits per heavy atom. The Bertz CT molecular complexity index is 541. The van der Waals surface area contributed by atoms with E-state index in [4.69, 9.17) is 5.73 Å². The first-order valence-corrected chi connectivity index (χ1v) is 6.61. The molecule has 0 spiro atoms. The van der Waals surface area contributed by atoms with E-state index in [0.717, 1.165) is 36.2 Å². The maximum atomic E-state index is 12.1. The number of amides is 2. The quantitative estimate of drug-likeness (QED) is 0.747. The van der Waals surface area contributed by atoms with Crippen LogP contribution in [0, 0.1) is 5.92 Å². The van der Waals surface area contributed by atoms with Crippen LogP contribution in [0.15, 0.2) is 18.2 Å². The number of rotatable bonds is 2. The lowest BCUT2D eigenvalue weighted by atomic mass is 10.1. The van der Waals surface area contributed by atoms with Gasteiger partial charge >= 0.3 is 0 Å². The number of fused-ring (bicyclic) bond motifs is 1. The standard InChI is InChI=1S/C14H17N3O2/c15-10-2-1-8(5-10)14(19)16-11-3-4-12-9(6-11)7-13(18)17-12/h3-4,6,8,10H,1-2,5,7,15H2,(H,16,19)(H,17,18). The van der Waals surface area contributed by atoms with Crippen LogP contribution in [0.5, 0.6) is 0 Å². The van der Waals surface area contributed by atoms with Gasteiger partial charge in [0.15, 0.2) is 0 Å². The summed E-state index contributed by atoms with van der Waals surface area (Å²) in [5, 5.41) is 5.69. The van der Waals surface area contributed by atoms with Crippen molar-refractivity contribution in [1.29, 1.82) is 0 Å². The number of hydrogen-bond acceptors (Lipinski definition) is 3. The van der Waals surface area contributed by atoms with E-state index in [2.05, 4.69) is 10.6 Å². The second-order valence-corrected chi connectivity index (χ2v) is 5.36. The predicted octanol–water partition coefficient (Wildman–Crippen LogP) is 1.25. The Labute approximate surface area is 111 Å². The monoisotopic (exact) mass is 259 g/mol. The van der Waals surface area contributed by atoms with Crippen LogP contribution < -0.4 is 16.4 Å². The summed E-state index contributed by atoms with van der Waals surface area (Å²) in [5.41, 5.74) is 8.35. The molecule has 1 heterocycles. The zero-order chi connectivity index (χ0) is 13.4. The first kappa shape index (κ1) is 12.2. The van der Waals surface area contributed by atoms with Gasteiger partial charge in [-0.15, -0.1) is 0 Å². The average Bonchev–Trinajstić information content (AvgIpc) is 2.93. The van der Waals surface area contributed by atoms with Crippen LogP contribution >= 0.6 is 0 Å². The zero-order valence-electron chi connectivity index (χ0n) is 10.6. The summed E-state index contributed by atoms with van der Waals surface area (Å²) < 4.78 is 0. The molecule has 4 N–H and O–H groups in total. The molecule has 19 heavy (non-hydrogen) atoms. The smallest absolute Gasteiger partial charge is 0.228 e. The predicted molar refractivity (Wildman–Crippen MR) is 72.7 cm³/mol. The van der Waals surface area contributed by atoms with Crippen LogP contribution in [0.2, 0.25) is 0 Å². The molecule has 2 atom stereocenters. The summed E-state index contributed by atoms with van der Waals surface area (Å²) in [7, 11) is 0. The second-order valence-electron chi connectivity index (χ2n) is 5.36. The minimum absolute atomic E-state index is 0.000225. The summed E-state index contributed by atoms with van der Waals surface area (Å²) in [6, 6.07) is 5.66. The van der Waals surface area contributed by atoms with Crippen LogP contribution in [0.3, 0.4) is 0 Å². The fourth-order valence-electron chi connectivity index (χ4n) is 2.81. The van der Waals surface area contributed by atoms with Gasteiger partial charge in [-0.25, -0.2) is 0 Å². The number of carbonyl (C=O) groups excluding carboxylic acids is 2. The molecule has 1 fully saturated rings. The highest BCUT2D eigenvalue weighted by Crippen LogP contribution is 2.28. The van der Waals surface area contributed by atoms with E-state index >= 15 is 0 Å². The van der Waals surface area contributed by atoms with E-state index in [1.54, 1.807) is 0 Å². The van der Waals surface area contributed by atoms with Gasteiger partial charge in [-0.1, -0.05) is 0 Å². The van der Waals surface area contributed by atoms with Crippen LogP contribution in [-0.4, -0.2) is 17.9 Å². The molecule has 3 rings (SSSR count). The largest absolute Gasteiger partial charge is 0.328 e. The first-order valence-electron chi connectivity index (χ1n) is 6.61. The molecule has 0 bridgehead atoms. The molecular weight excluding hydrogens is 242 g/mol. The molecule has 1 saturated carbocycles.